The number of unbranched alkanes of at least 4 members (excludes halogenated alkanes) is 1. The molecule has 8 atom stereocenters. The summed E-state index contributed by atoms with van der Waals surface area (Å²) < 4.78 is 17.6. The van der Waals surface area contributed by atoms with E-state index in [1.807, 2.05) is 26.8 Å². The van der Waals surface area contributed by atoms with Crippen molar-refractivity contribution in [1.29, 1.82) is 0 Å². The molecule has 256 valence electrons. The van der Waals surface area contributed by atoms with Crippen LogP contribution in [0.2, 0.25) is 0 Å². The van der Waals surface area contributed by atoms with Gasteiger partial charge in [0, 0.05) is 12.0 Å². The maximum absolute atomic E-state index is 14.2. The summed E-state index contributed by atoms with van der Waals surface area (Å²) in [6, 6.07) is 3.04. The normalized spacial score (nSPS) is 26.4. The van der Waals surface area contributed by atoms with Crippen LogP contribution in [-0.2, 0) is 14.3 Å². The van der Waals surface area contributed by atoms with Crippen LogP contribution in [0.15, 0.2) is 37.4 Å². The highest BCUT2D eigenvalue weighted by molar-refractivity contribution is 5.90. The first-order valence-electron chi connectivity index (χ1n) is 16.5. The highest BCUT2D eigenvalue weighted by atomic mass is 16.6. The van der Waals surface area contributed by atoms with Crippen molar-refractivity contribution in [3.8, 4) is 11.6 Å². The molecule has 2 N–H and O–H groups in total. The van der Waals surface area contributed by atoms with E-state index in [-0.39, 0.29) is 24.4 Å². The van der Waals surface area contributed by atoms with Crippen LogP contribution in [-0.4, -0.2) is 75.9 Å². The van der Waals surface area contributed by atoms with Gasteiger partial charge in [-0.25, -0.2) is 19.6 Å². The molecule has 0 spiro atoms. The van der Waals surface area contributed by atoms with Gasteiger partial charge in [0.05, 0.1) is 24.7 Å². The third-order valence-corrected chi connectivity index (χ3v) is 9.89. The first-order valence-corrected chi connectivity index (χ1v) is 16.5. The van der Waals surface area contributed by atoms with Gasteiger partial charge in [0.2, 0.25) is 11.8 Å². The Labute approximate surface area is 277 Å². The largest absolute Gasteiger partial charge is 0.497 e. The number of amides is 2. The number of ether oxygens (including phenoxy) is 3. The fourth-order valence-corrected chi connectivity index (χ4v) is 6.91. The zero-order chi connectivity index (χ0) is 34.6. The van der Waals surface area contributed by atoms with Gasteiger partial charge in [-0.1, -0.05) is 54.2 Å². The summed E-state index contributed by atoms with van der Waals surface area (Å²) in [5, 5.41) is 13.1. The van der Waals surface area contributed by atoms with Crippen LogP contribution in [0.5, 0.6) is 11.6 Å². The minimum absolute atomic E-state index is 0.0300. The topological polar surface area (TPSA) is 140 Å². The van der Waals surface area contributed by atoms with E-state index < -0.39 is 47.5 Å². The Kier molecular flexibility index (Phi) is 11.2. The molecule has 1 aromatic heterocycles. The SMILES string of the molecule is C=CCCC[C@H]1[C@H](C)[C@H](C)C[C@@H]1OC(=O)N[C@H](C(=O)N1C[C@H](Oc2nc3cc(OC)ccc3nc2C=C)[C@@H](C)[C@H]1C(=O)O)C(C)(C)C. The van der Waals surface area contributed by atoms with Crippen molar-refractivity contribution in [3.63, 3.8) is 0 Å². The van der Waals surface area contributed by atoms with Crippen molar-refractivity contribution in [2.24, 2.45) is 29.1 Å². The van der Waals surface area contributed by atoms with E-state index in [1.54, 1.807) is 32.2 Å². The van der Waals surface area contributed by atoms with Crippen molar-refractivity contribution in [2.45, 2.75) is 91.5 Å². The monoisotopic (exact) mass is 650 g/mol. The second kappa shape index (κ2) is 14.7. The number of nitrogens with one attached hydrogen (secondary N) is 1. The van der Waals surface area contributed by atoms with Gasteiger partial charge < -0.3 is 29.5 Å². The van der Waals surface area contributed by atoms with E-state index in [0.29, 0.717) is 34.3 Å². The first kappa shape index (κ1) is 35.7. The zero-order valence-corrected chi connectivity index (χ0v) is 28.7. The lowest BCUT2D eigenvalue weighted by Crippen LogP contribution is -2.57. The molecule has 11 heteroatoms. The molecule has 2 fully saturated rings. The third kappa shape index (κ3) is 7.88. The highest BCUT2D eigenvalue weighted by Gasteiger charge is 2.50. The fraction of sp³-hybridized carbons (Fsp3) is 0.583. The van der Waals surface area contributed by atoms with Gasteiger partial charge in [-0.3, -0.25) is 4.79 Å². The standard InChI is InChI=1S/C36H50N4O7/c1-10-12-13-14-24-21(4)20(3)17-28(24)47-35(44)39-31(36(6,7)8)33(41)40-19-29(22(5)30(40)34(42)43)46-32-25(11-2)37-26-16-15-23(45-9)18-27(26)38-32/h10-11,15-16,18,20-22,24,28-31H,1-2,12-14,17,19H2,3-9H3,(H,39,44)(H,42,43)/t20-,21-,22-,24+,28+,29+,30+,31-/m1/s1. The second-order valence-corrected chi connectivity index (χ2v) is 14.1. The summed E-state index contributed by atoms with van der Waals surface area (Å²) in [6.45, 7) is 19.2. The van der Waals surface area contributed by atoms with Crippen molar-refractivity contribution in [3.05, 3.63) is 43.1 Å². The van der Waals surface area contributed by atoms with Crippen molar-refractivity contribution < 1.29 is 33.7 Å². The number of carboxylic acids is 1. The number of aliphatic carboxylic acids is 1. The number of fused-ring (bicyclic) bond motifs is 1. The quantitative estimate of drug-likeness (QED) is 0.205. The number of methoxy groups -OCH3 is 1. The lowest BCUT2D eigenvalue weighted by Gasteiger charge is -2.35. The van der Waals surface area contributed by atoms with Crippen LogP contribution in [0.4, 0.5) is 4.79 Å². The molecule has 11 nitrogen and oxygen atoms in total. The Bertz CT molecular complexity index is 1490. The van der Waals surface area contributed by atoms with Gasteiger partial charge in [0.1, 0.15) is 35.7 Å². The molecule has 2 aliphatic rings. The number of aromatic nitrogens is 2. The van der Waals surface area contributed by atoms with Gasteiger partial charge >= 0.3 is 12.1 Å². The predicted molar refractivity (Wildman–Crippen MR) is 180 cm³/mol. The number of likely N-dealkylation sites (tertiary alicyclic amines) is 1. The number of hydrogen-bond acceptors (Lipinski definition) is 8. The molecule has 4 rings (SSSR count). The first-order chi connectivity index (χ1) is 22.2. The van der Waals surface area contributed by atoms with Crippen LogP contribution < -0.4 is 14.8 Å². The Morgan fingerprint density at radius 2 is 1.83 bits per heavy atom. The van der Waals surface area contributed by atoms with Crippen molar-refractivity contribution >= 4 is 35.1 Å². The summed E-state index contributed by atoms with van der Waals surface area (Å²) in [4.78, 5) is 50.7. The van der Waals surface area contributed by atoms with Crippen molar-refractivity contribution in [2.75, 3.05) is 13.7 Å². The molecule has 1 aliphatic carbocycles. The molecule has 2 heterocycles. The minimum atomic E-state index is -1.19. The van der Waals surface area contributed by atoms with Crippen LogP contribution in [0.1, 0.15) is 72.9 Å². The smallest absolute Gasteiger partial charge is 0.408 e. The summed E-state index contributed by atoms with van der Waals surface area (Å²) in [5.74, 6) is -0.510. The molecule has 1 aromatic carbocycles. The molecule has 1 saturated heterocycles. The number of nitrogens with zero attached hydrogens (tertiary/aromatic N) is 3. The molecule has 2 amide bonds. The summed E-state index contributed by atoms with van der Waals surface area (Å²) >= 11 is 0. The van der Waals surface area contributed by atoms with Crippen molar-refractivity contribution in [1.82, 2.24) is 20.2 Å². The lowest BCUT2D eigenvalue weighted by atomic mass is 9.85. The van der Waals surface area contributed by atoms with Crippen LogP contribution in [0, 0.1) is 29.1 Å². The molecule has 2 aromatic rings. The maximum Gasteiger partial charge on any atom is 0.408 e. The molecule has 47 heavy (non-hydrogen) atoms. The number of alkyl carbamates (subject to hydrolysis) is 1. The molecule has 1 aliphatic heterocycles. The van der Waals surface area contributed by atoms with E-state index >= 15 is 0 Å². The molecular formula is C36H50N4O7. The maximum atomic E-state index is 14.2. The van der Waals surface area contributed by atoms with E-state index in [2.05, 4.69) is 42.3 Å². The Morgan fingerprint density at radius 1 is 1.11 bits per heavy atom. The van der Waals surface area contributed by atoms with Gasteiger partial charge in [-0.15, -0.1) is 6.58 Å². The Hall–Kier alpha value is -4.15. The number of rotatable bonds is 12. The number of benzene rings is 1. The number of carbonyl (C=O) groups excluding carboxylic acids is 2. The highest BCUT2D eigenvalue weighted by Crippen LogP contribution is 2.41. The summed E-state index contributed by atoms with van der Waals surface area (Å²) in [6.07, 6.45) is 5.30. The number of carbonyl (C=O) groups is 3. The Balaban J connectivity index is 1.54. The van der Waals surface area contributed by atoms with Gasteiger partial charge in [0.25, 0.3) is 0 Å². The molecule has 0 unspecified atom stereocenters. The molecular weight excluding hydrogens is 600 g/mol. The summed E-state index contributed by atoms with van der Waals surface area (Å²) in [7, 11) is 1.56. The van der Waals surface area contributed by atoms with Gasteiger partial charge in [-0.2, -0.15) is 0 Å². The number of allylic oxidation sites excluding steroid dienone is 1. The van der Waals surface area contributed by atoms with Crippen LogP contribution >= 0.6 is 0 Å². The van der Waals surface area contributed by atoms with Gasteiger partial charge in [0.15, 0.2) is 0 Å². The average molecular weight is 651 g/mol. The van der Waals surface area contributed by atoms with E-state index in [1.165, 1.54) is 11.0 Å². The lowest BCUT2D eigenvalue weighted by molar-refractivity contribution is -0.151. The van der Waals surface area contributed by atoms with Gasteiger partial charge in [-0.05, 0) is 67.1 Å². The third-order valence-electron chi connectivity index (χ3n) is 9.89. The average Bonchev–Trinajstić information content (AvgIpc) is 3.48. The fourth-order valence-electron chi connectivity index (χ4n) is 6.91. The van der Waals surface area contributed by atoms with E-state index in [0.717, 1.165) is 25.7 Å². The molecule has 1 saturated carbocycles. The van der Waals surface area contributed by atoms with Crippen LogP contribution in [0.3, 0.4) is 0 Å². The Morgan fingerprint density at radius 3 is 2.45 bits per heavy atom. The number of carboxylic acid groups (broad SMARTS) is 1. The van der Waals surface area contributed by atoms with Crippen LogP contribution in [0.25, 0.3) is 17.1 Å². The van der Waals surface area contributed by atoms with E-state index in [4.69, 9.17) is 14.2 Å². The van der Waals surface area contributed by atoms with E-state index in [9.17, 15) is 19.5 Å². The number of hydrogen-bond donors (Lipinski definition) is 2. The molecule has 0 radical (unpaired) electrons. The second-order valence-electron chi connectivity index (χ2n) is 14.1. The predicted octanol–water partition coefficient (Wildman–Crippen LogP) is 6.12. The zero-order valence-electron chi connectivity index (χ0n) is 28.7. The molecule has 0 bridgehead atoms. The summed E-state index contributed by atoms with van der Waals surface area (Å²) in [5.41, 5.74) is 0.785. The minimum Gasteiger partial charge on any atom is -0.497 e.